The van der Waals surface area contributed by atoms with Gasteiger partial charge in [-0.2, -0.15) is 5.06 Å². The van der Waals surface area contributed by atoms with E-state index in [1.165, 1.54) is 12.2 Å². The van der Waals surface area contributed by atoms with Gasteiger partial charge in [0.05, 0.1) is 35.6 Å². The van der Waals surface area contributed by atoms with E-state index in [2.05, 4.69) is 25.3 Å². The zero-order valence-electron chi connectivity index (χ0n) is 25.7. The first kappa shape index (κ1) is 30.3. The quantitative estimate of drug-likeness (QED) is 0.134. The Morgan fingerprint density at radius 3 is 1.33 bits per heavy atom. The molecule has 4 aromatic heterocycles. The Kier molecular flexibility index (Phi) is 8.87. The Morgan fingerprint density at radius 1 is 0.609 bits per heavy atom. The Balaban J connectivity index is 1.40. The van der Waals surface area contributed by atoms with Crippen molar-refractivity contribution in [2.24, 2.45) is 0 Å². The largest absolute Gasteiger partial charge is 0.355 e. The molecule has 1 atom stereocenters. The van der Waals surface area contributed by atoms with Crippen molar-refractivity contribution < 1.29 is 14.4 Å². The van der Waals surface area contributed by atoms with Crippen LogP contribution in [-0.4, -0.2) is 40.2 Å². The lowest BCUT2D eigenvalue weighted by Gasteiger charge is -2.33. The van der Waals surface area contributed by atoms with Crippen LogP contribution in [0.25, 0.3) is 45.0 Å². The van der Waals surface area contributed by atoms with E-state index in [-0.39, 0.29) is 0 Å². The molecule has 6 rings (SSSR count). The highest BCUT2D eigenvalue weighted by atomic mass is 16.7. The van der Waals surface area contributed by atoms with Crippen LogP contribution in [0.4, 0.5) is 10.5 Å². The highest BCUT2D eigenvalue weighted by Crippen LogP contribution is 2.34. The molecule has 0 radical (unpaired) electrons. The maximum absolute atomic E-state index is 14.1. The van der Waals surface area contributed by atoms with Crippen molar-refractivity contribution in [2.45, 2.75) is 12.6 Å². The van der Waals surface area contributed by atoms with Crippen molar-refractivity contribution in [1.29, 1.82) is 0 Å². The second-order valence-corrected chi connectivity index (χ2v) is 10.6. The van der Waals surface area contributed by atoms with Gasteiger partial charge in [0.1, 0.15) is 0 Å². The van der Waals surface area contributed by atoms with Crippen LogP contribution in [0, 0.1) is 0 Å². The number of pyridine rings is 4. The van der Waals surface area contributed by atoms with E-state index in [4.69, 9.17) is 9.57 Å². The third-order valence-corrected chi connectivity index (χ3v) is 7.60. The van der Waals surface area contributed by atoms with Crippen LogP contribution in [0.15, 0.2) is 134 Å². The monoisotopic (exact) mass is 608 g/mol. The molecule has 6 aromatic rings. The fourth-order valence-corrected chi connectivity index (χ4v) is 5.16. The van der Waals surface area contributed by atoms with Gasteiger partial charge in [0.15, 0.2) is 5.72 Å². The van der Waals surface area contributed by atoms with Crippen molar-refractivity contribution in [2.75, 3.05) is 19.3 Å². The molecule has 4 heterocycles. The number of hydroxylamine groups is 1. The van der Waals surface area contributed by atoms with Gasteiger partial charge >= 0.3 is 6.03 Å². The number of nitrogens with zero attached hydrogens (tertiary/aromatic N) is 5. The molecule has 2 amide bonds. The van der Waals surface area contributed by atoms with E-state index in [0.29, 0.717) is 11.3 Å². The third-order valence-electron chi connectivity index (χ3n) is 7.60. The summed E-state index contributed by atoms with van der Waals surface area (Å²) in [5.41, 5.74) is 6.24. The Morgan fingerprint density at radius 2 is 1.00 bits per heavy atom. The highest BCUT2D eigenvalue weighted by molar-refractivity contribution is 5.92. The van der Waals surface area contributed by atoms with Crippen LogP contribution in [-0.2, 0) is 15.3 Å². The van der Waals surface area contributed by atoms with Gasteiger partial charge in [-0.15, -0.1) is 0 Å². The van der Waals surface area contributed by atoms with Gasteiger partial charge in [0, 0.05) is 59.7 Å². The second kappa shape index (κ2) is 13.5. The lowest BCUT2D eigenvalue weighted by Crippen LogP contribution is -2.51. The molecule has 2 aromatic carbocycles. The smallest absolute Gasteiger partial charge is 0.348 e. The number of hydrogen-bond acceptors (Lipinski definition) is 7. The minimum Gasteiger partial charge on any atom is -0.355 e. The van der Waals surface area contributed by atoms with Crippen LogP contribution in [0.1, 0.15) is 12.5 Å². The summed E-state index contributed by atoms with van der Waals surface area (Å²) in [6.07, 6.45) is 6.94. The fraction of sp³-hybridized carbons (Fsp3) is 0.108. The Hall–Kier alpha value is -5.77. The third kappa shape index (κ3) is 6.51. The summed E-state index contributed by atoms with van der Waals surface area (Å²) in [4.78, 5) is 37.9. The molecular formula is C37H32N6O3. The van der Waals surface area contributed by atoms with E-state index in [9.17, 15) is 4.79 Å². The zero-order chi connectivity index (χ0) is 31.9. The summed E-state index contributed by atoms with van der Waals surface area (Å²) >= 11 is 0. The predicted molar refractivity (Wildman–Crippen MR) is 178 cm³/mol. The number of amides is 2. The van der Waals surface area contributed by atoms with Crippen LogP contribution in [0.5, 0.6) is 0 Å². The van der Waals surface area contributed by atoms with Crippen LogP contribution in [0.2, 0.25) is 0 Å². The molecular weight excluding hydrogens is 576 g/mol. The van der Waals surface area contributed by atoms with Crippen molar-refractivity contribution in [3.05, 3.63) is 140 Å². The predicted octanol–water partition coefficient (Wildman–Crippen LogP) is 7.53. The first-order valence-electron chi connectivity index (χ1n) is 14.7. The molecule has 0 spiro atoms. The summed E-state index contributed by atoms with van der Waals surface area (Å²) in [5, 5.41) is 4.25. The lowest BCUT2D eigenvalue weighted by molar-refractivity contribution is -0.0198. The van der Waals surface area contributed by atoms with Gasteiger partial charge in [-0.3, -0.25) is 24.8 Å². The number of urea groups is 1. The van der Waals surface area contributed by atoms with E-state index < -0.39 is 11.8 Å². The van der Waals surface area contributed by atoms with Crippen molar-refractivity contribution in [1.82, 2.24) is 25.3 Å². The Labute approximate surface area is 267 Å². The molecule has 46 heavy (non-hydrogen) atoms. The summed E-state index contributed by atoms with van der Waals surface area (Å²) in [7, 11) is 2.99. The number of benzene rings is 2. The summed E-state index contributed by atoms with van der Waals surface area (Å²) in [6.45, 7) is 1.79. The van der Waals surface area contributed by atoms with Crippen LogP contribution >= 0.6 is 0 Å². The molecule has 0 aliphatic rings. The molecule has 9 heteroatoms. The first-order valence-corrected chi connectivity index (χ1v) is 14.7. The van der Waals surface area contributed by atoms with Crippen molar-refractivity contribution >= 4 is 11.7 Å². The number of rotatable bonds is 9. The first-order chi connectivity index (χ1) is 22.5. The van der Waals surface area contributed by atoms with E-state index in [1.54, 1.807) is 38.8 Å². The topological polar surface area (TPSA) is 102 Å². The molecule has 228 valence electrons. The molecule has 1 N–H and O–H groups in total. The maximum atomic E-state index is 14.1. The van der Waals surface area contributed by atoms with Crippen LogP contribution < -0.4 is 10.4 Å². The molecule has 0 saturated carbocycles. The molecule has 0 bridgehead atoms. The number of methoxy groups -OCH3 is 1. The van der Waals surface area contributed by atoms with Gasteiger partial charge in [0.25, 0.3) is 0 Å². The zero-order valence-corrected chi connectivity index (χ0v) is 25.7. The van der Waals surface area contributed by atoms with Gasteiger partial charge < -0.3 is 10.1 Å². The fourth-order valence-electron chi connectivity index (χ4n) is 5.16. The lowest BCUT2D eigenvalue weighted by atomic mass is 9.95. The van der Waals surface area contributed by atoms with E-state index in [0.717, 1.165) is 45.0 Å². The second-order valence-electron chi connectivity index (χ2n) is 10.6. The highest BCUT2D eigenvalue weighted by Gasteiger charge is 2.32. The number of nitrogens with one attached hydrogen (secondary N) is 1. The molecule has 0 aliphatic heterocycles. The number of aromatic nitrogens is 4. The molecule has 0 fully saturated rings. The van der Waals surface area contributed by atoms with Gasteiger partial charge in [-0.25, -0.2) is 4.79 Å². The number of anilines is 1. The maximum Gasteiger partial charge on any atom is 0.348 e. The van der Waals surface area contributed by atoms with E-state index in [1.807, 2.05) is 109 Å². The molecule has 0 saturated heterocycles. The Bertz CT molecular complexity index is 1810. The average molecular weight is 609 g/mol. The van der Waals surface area contributed by atoms with Crippen LogP contribution in [0.3, 0.4) is 0 Å². The standard InChI is InChI=1S/C37H32N6O3/c1-37(45-2,30-22-26(32-12-4-8-16-38-32)20-27(23-30)33-13-5-9-17-39-33)42-36(44)43(46-3)31-24-28(34-14-6-10-18-40-34)21-29(25-31)35-15-7-11-19-41-35/h4-25H,1-3H3,(H,42,44). The number of carbonyl (C=O) groups excluding carboxylic acids is 1. The van der Waals surface area contributed by atoms with Gasteiger partial charge in [-0.1, -0.05) is 24.3 Å². The minimum absolute atomic E-state index is 0.485. The molecule has 0 aliphatic carbocycles. The van der Waals surface area contributed by atoms with Crippen molar-refractivity contribution in [3.8, 4) is 45.0 Å². The molecule has 1 unspecified atom stereocenters. The number of hydrogen-bond donors (Lipinski definition) is 1. The summed E-state index contributed by atoms with van der Waals surface area (Å²) < 4.78 is 6.02. The summed E-state index contributed by atoms with van der Waals surface area (Å²) in [6, 6.07) is 33.9. The number of ether oxygens (including phenoxy) is 1. The minimum atomic E-state index is -1.27. The van der Waals surface area contributed by atoms with Gasteiger partial charge in [0.2, 0.25) is 0 Å². The average Bonchev–Trinajstić information content (AvgIpc) is 3.13. The van der Waals surface area contributed by atoms with E-state index >= 15 is 0 Å². The summed E-state index contributed by atoms with van der Waals surface area (Å²) in [5.74, 6) is 0. The number of carbonyl (C=O) groups is 1. The molecule has 9 nitrogen and oxygen atoms in total. The van der Waals surface area contributed by atoms with Crippen molar-refractivity contribution in [3.63, 3.8) is 0 Å². The SMILES string of the molecule is CON(C(=O)NC(C)(OC)c1cc(-c2ccccn2)cc(-c2ccccn2)c1)c1cc(-c2ccccn2)cc(-c2ccccn2)c1. The normalized spacial score (nSPS) is 12.2. The van der Waals surface area contributed by atoms with Gasteiger partial charge in [-0.05, 0) is 91.9 Å².